The van der Waals surface area contributed by atoms with Crippen LogP contribution in [0.5, 0.6) is 0 Å². The van der Waals surface area contributed by atoms with E-state index in [9.17, 15) is 0 Å². The Morgan fingerprint density at radius 2 is 0.712 bits per heavy atom. The van der Waals surface area contributed by atoms with Gasteiger partial charge in [-0.05, 0) is 55.6 Å². The maximum atomic E-state index is 5.16. The molecule has 2 aliphatic carbocycles. The Bertz CT molecular complexity index is 2550. The fourth-order valence-corrected chi connectivity index (χ4v) is 8.98. The van der Waals surface area contributed by atoms with Crippen LogP contribution in [0.4, 0.5) is 0 Å². The quantitative estimate of drug-likeness (QED) is 0.188. The van der Waals surface area contributed by atoms with E-state index in [-0.39, 0.29) is 5.41 Å². The predicted molar refractivity (Wildman–Crippen MR) is 211 cm³/mol. The van der Waals surface area contributed by atoms with Gasteiger partial charge in [0.05, 0.1) is 5.41 Å². The molecule has 246 valence electrons. The van der Waals surface area contributed by atoms with Gasteiger partial charge >= 0.3 is 0 Å². The Balaban J connectivity index is 1.26. The second kappa shape index (κ2) is 11.5. The smallest absolute Gasteiger partial charge is 0.164 e. The van der Waals surface area contributed by atoms with Crippen LogP contribution in [0.15, 0.2) is 176 Å². The summed E-state index contributed by atoms with van der Waals surface area (Å²) in [5.41, 5.74) is 15.1. The van der Waals surface area contributed by atoms with E-state index >= 15 is 0 Å². The van der Waals surface area contributed by atoms with Gasteiger partial charge in [-0.3, -0.25) is 0 Å². The fraction of sp³-hybridized carbons (Fsp3) is 0.0816. The average Bonchev–Trinajstić information content (AvgIpc) is 3.52. The molecule has 0 N–H and O–H groups in total. The summed E-state index contributed by atoms with van der Waals surface area (Å²) in [7, 11) is 0. The molecule has 0 atom stereocenters. The largest absolute Gasteiger partial charge is 0.208 e. The molecule has 0 amide bonds. The van der Waals surface area contributed by atoms with Gasteiger partial charge in [-0.1, -0.05) is 190 Å². The molecule has 3 heteroatoms. The Morgan fingerprint density at radius 1 is 0.308 bits per heavy atom. The third-order valence-corrected chi connectivity index (χ3v) is 11.2. The van der Waals surface area contributed by atoms with E-state index in [1.165, 1.54) is 50.1 Å². The lowest BCUT2D eigenvalue weighted by Crippen LogP contribution is -2.40. The van der Waals surface area contributed by atoms with E-state index in [4.69, 9.17) is 15.0 Å². The van der Waals surface area contributed by atoms with Crippen molar-refractivity contribution in [2.75, 3.05) is 0 Å². The van der Waals surface area contributed by atoms with Crippen LogP contribution in [0.3, 0.4) is 0 Å². The fourth-order valence-electron chi connectivity index (χ4n) is 8.98. The summed E-state index contributed by atoms with van der Waals surface area (Å²) in [6, 6.07) is 63.1. The van der Waals surface area contributed by atoms with Crippen molar-refractivity contribution in [2.24, 2.45) is 0 Å². The Kier molecular flexibility index (Phi) is 6.74. The van der Waals surface area contributed by atoms with E-state index < -0.39 is 5.41 Å². The van der Waals surface area contributed by atoms with Gasteiger partial charge in [0.2, 0.25) is 0 Å². The molecule has 0 radical (unpaired) electrons. The third-order valence-electron chi connectivity index (χ3n) is 11.2. The van der Waals surface area contributed by atoms with Crippen LogP contribution in [0.1, 0.15) is 47.2 Å². The molecule has 7 aromatic carbocycles. The van der Waals surface area contributed by atoms with E-state index in [2.05, 4.69) is 153 Å². The van der Waals surface area contributed by atoms with Crippen molar-refractivity contribution >= 4 is 0 Å². The number of hydrogen-bond acceptors (Lipinski definition) is 3. The lowest BCUT2D eigenvalue weighted by Gasteiger charge is -2.46. The van der Waals surface area contributed by atoms with E-state index in [1.54, 1.807) is 0 Å². The van der Waals surface area contributed by atoms with E-state index in [0.29, 0.717) is 17.5 Å². The van der Waals surface area contributed by atoms with Gasteiger partial charge in [-0.15, -0.1) is 0 Å². The number of fused-ring (bicyclic) bond motifs is 9. The minimum atomic E-state index is -0.465. The van der Waals surface area contributed by atoms with Crippen LogP contribution in [-0.4, -0.2) is 15.0 Å². The summed E-state index contributed by atoms with van der Waals surface area (Å²) in [5.74, 6) is 1.96. The molecule has 0 fully saturated rings. The van der Waals surface area contributed by atoms with Crippen LogP contribution in [-0.2, 0) is 10.8 Å². The van der Waals surface area contributed by atoms with Crippen molar-refractivity contribution < 1.29 is 0 Å². The molecule has 1 heterocycles. The normalized spacial score (nSPS) is 14.3. The van der Waals surface area contributed by atoms with Gasteiger partial charge in [0, 0.05) is 22.1 Å². The van der Waals surface area contributed by atoms with Gasteiger partial charge in [0.25, 0.3) is 0 Å². The van der Waals surface area contributed by atoms with Crippen molar-refractivity contribution in [3.8, 4) is 56.4 Å². The SMILES string of the molecule is CC1(C)c2ccccc2C2(c3ccccc3-c3c(-c4ccccc4-c4nc(-c5ccccc5)nc(-c5ccccc5)n4)cccc32)c2ccccc21. The lowest BCUT2D eigenvalue weighted by atomic mass is 9.55. The molecule has 0 bridgehead atoms. The van der Waals surface area contributed by atoms with Crippen LogP contribution in [0.2, 0.25) is 0 Å². The van der Waals surface area contributed by atoms with Crippen molar-refractivity contribution in [2.45, 2.75) is 24.7 Å². The molecular weight excluding hydrogens is 631 g/mol. The molecule has 2 aliphatic rings. The topological polar surface area (TPSA) is 38.7 Å². The molecule has 0 saturated heterocycles. The van der Waals surface area contributed by atoms with Crippen LogP contribution in [0, 0.1) is 0 Å². The summed E-state index contributed by atoms with van der Waals surface area (Å²) in [5, 5.41) is 0. The molecule has 3 nitrogen and oxygen atoms in total. The third kappa shape index (κ3) is 4.29. The predicted octanol–water partition coefficient (Wildman–Crippen LogP) is 11.5. The van der Waals surface area contributed by atoms with Gasteiger partial charge in [0.1, 0.15) is 0 Å². The molecule has 1 spiro atoms. The summed E-state index contributed by atoms with van der Waals surface area (Å²) < 4.78 is 0. The minimum Gasteiger partial charge on any atom is -0.208 e. The first-order valence-electron chi connectivity index (χ1n) is 18.0. The molecule has 0 unspecified atom stereocenters. The van der Waals surface area contributed by atoms with Gasteiger partial charge in [-0.25, -0.2) is 15.0 Å². The van der Waals surface area contributed by atoms with Crippen molar-refractivity contribution in [3.05, 3.63) is 209 Å². The zero-order valence-corrected chi connectivity index (χ0v) is 29.1. The second-order valence-electron chi connectivity index (χ2n) is 14.3. The molecule has 8 aromatic rings. The van der Waals surface area contributed by atoms with Gasteiger partial charge in [-0.2, -0.15) is 0 Å². The van der Waals surface area contributed by atoms with Crippen LogP contribution < -0.4 is 0 Å². The highest BCUT2D eigenvalue weighted by Crippen LogP contribution is 2.63. The first-order chi connectivity index (χ1) is 25.6. The number of benzene rings is 7. The zero-order valence-electron chi connectivity index (χ0n) is 29.1. The van der Waals surface area contributed by atoms with Crippen molar-refractivity contribution in [1.29, 1.82) is 0 Å². The zero-order chi connectivity index (χ0) is 34.9. The number of hydrogen-bond donors (Lipinski definition) is 0. The van der Waals surface area contributed by atoms with E-state index in [0.717, 1.165) is 22.3 Å². The first-order valence-corrected chi connectivity index (χ1v) is 18.0. The second-order valence-corrected chi connectivity index (χ2v) is 14.3. The Hall–Kier alpha value is -6.45. The van der Waals surface area contributed by atoms with Gasteiger partial charge in [0.15, 0.2) is 17.5 Å². The van der Waals surface area contributed by atoms with Crippen LogP contribution >= 0.6 is 0 Å². The highest BCUT2D eigenvalue weighted by atomic mass is 15.0. The molecule has 52 heavy (non-hydrogen) atoms. The molecule has 0 saturated carbocycles. The van der Waals surface area contributed by atoms with Crippen molar-refractivity contribution in [3.63, 3.8) is 0 Å². The van der Waals surface area contributed by atoms with Crippen LogP contribution in [0.25, 0.3) is 56.4 Å². The Morgan fingerprint density at radius 3 is 1.29 bits per heavy atom. The van der Waals surface area contributed by atoms with Gasteiger partial charge < -0.3 is 0 Å². The highest BCUT2D eigenvalue weighted by Gasteiger charge is 2.53. The summed E-state index contributed by atoms with van der Waals surface area (Å²) in [4.78, 5) is 15.3. The Labute approximate surface area is 304 Å². The summed E-state index contributed by atoms with van der Waals surface area (Å²) in [6.45, 7) is 4.74. The molecule has 0 aliphatic heterocycles. The first kappa shape index (κ1) is 30.4. The molecular formula is C49H35N3. The summed E-state index contributed by atoms with van der Waals surface area (Å²) in [6.07, 6.45) is 0. The minimum absolute atomic E-state index is 0.147. The van der Waals surface area contributed by atoms with E-state index in [1.807, 2.05) is 36.4 Å². The monoisotopic (exact) mass is 665 g/mol. The molecule has 1 aromatic heterocycles. The maximum Gasteiger partial charge on any atom is 0.164 e. The number of aromatic nitrogens is 3. The maximum absolute atomic E-state index is 5.16. The molecule has 10 rings (SSSR count). The average molecular weight is 666 g/mol. The highest BCUT2D eigenvalue weighted by molar-refractivity contribution is 5.99. The number of nitrogens with zero attached hydrogens (tertiary/aromatic N) is 3. The summed E-state index contributed by atoms with van der Waals surface area (Å²) >= 11 is 0. The number of rotatable bonds is 4. The lowest BCUT2D eigenvalue weighted by molar-refractivity contribution is 0.563. The standard InChI is InChI=1S/C49H35N3/c1-48(2)39-27-13-15-29-41(39)49(42-30-16-14-28-40(42)48)38-26-12-11-24-37(38)44-35(25-17-31-43(44)49)34-22-9-10-23-36(34)47-51-45(32-18-5-3-6-19-32)50-46(52-47)33-20-7-4-8-21-33/h3-31H,1-2H3. The van der Waals surface area contributed by atoms with Crippen molar-refractivity contribution in [1.82, 2.24) is 15.0 Å².